The molecule has 0 atom stereocenters. The van der Waals surface area contributed by atoms with Crippen LogP contribution in [0.3, 0.4) is 0 Å². The first-order chi connectivity index (χ1) is 7.70. The van der Waals surface area contributed by atoms with E-state index < -0.39 is 0 Å². The van der Waals surface area contributed by atoms with Crippen molar-refractivity contribution in [1.29, 1.82) is 0 Å². The summed E-state index contributed by atoms with van der Waals surface area (Å²) in [5, 5.41) is 0. The molecule has 1 aromatic carbocycles. The first-order valence-corrected chi connectivity index (χ1v) is 5.44. The lowest BCUT2D eigenvalue weighted by Crippen LogP contribution is -1.92. The van der Waals surface area contributed by atoms with Gasteiger partial charge in [-0.15, -0.1) is 0 Å². The molecule has 0 saturated heterocycles. The van der Waals surface area contributed by atoms with Crippen molar-refractivity contribution in [2.45, 2.75) is 0 Å². The predicted octanol–water partition coefficient (Wildman–Crippen LogP) is 2.87. The summed E-state index contributed by atoms with van der Waals surface area (Å²) in [6, 6.07) is 7.46. The second-order valence-electron chi connectivity index (χ2n) is 3.16. The van der Waals surface area contributed by atoms with Gasteiger partial charge in [-0.2, -0.15) is 0 Å². The molecule has 0 radical (unpaired) electrons. The number of hydrogen-bond acceptors (Lipinski definition) is 3. The van der Waals surface area contributed by atoms with Crippen LogP contribution in [0, 0.1) is 0 Å². The Balaban J connectivity index is 2.30. The third-order valence-electron chi connectivity index (χ3n) is 2.14. The molecule has 1 heterocycles. The molecule has 3 nitrogen and oxygen atoms in total. The number of cyclic esters (lactones) is 1. The number of carbonyl (C=O) groups excluding carboxylic acids is 1. The molecule has 1 aromatic rings. The standard InChI is InChI=1S/C12H9BrO3/c1-15-9-4-2-8(3-5-9)12(13)10-6-7-11(14)16-10/h2-7H,1H3/b12-10-. The molecule has 82 valence electrons. The Morgan fingerprint density at radius 2 is 1.94 bits per heavy atom. The quantitative estimate of drug-likeness (QED) is 0.782. The largest absolute Gasteiger partial charge is 0.497 e. The van der Waals surface area contributed by atoms with E-state index in [1.54, 1.807) is 13.2 Å². The third kappa shape index (κ3) is 2.17. The van der Waals surface area contributed by atoms with E-state index in [1.807, 2.05) is 24.3 Å². The highest BCUT2D eigenvalue weighted by molar-refractivity contribution is 9.15. The minimum atomic E-state index is -0.347. The van der Waals surface area contributed by atoms with Gasteiger partial charge in [0.1, 0.15) is 11.5 Å². The van der Waals surface area contributed by atoms with Gasteiger partial charge < -0.3 is 9.47 Å². The summed E-state index contributed by atoms with van der Waals surface area (Å²) >= 11 is 3.40. The zero-order valence-electron chi connectivity index (χ0n) is 8.57. The van der Waals surface area contributed by atoms with Crippen molar-refractivity contribution in [3.63, 3.8) is 0 Å². The van der Waals surface area contributed by atoms with E-state index in [0.717, 1.165) is 15.8 Å². The maximum Gasteiger partial charge on any atom is 0.336 e. The van der Waals surface area contributed by atoms with Gasteiger partial charge in [0, 0.05) is 6.08 Å². The predicted molar refractivity (Wildman–Crippen MR) is 64.1 cm³/mol. The Bertz CT molecular complexity index is 472. The average molecular weight is 281 g/mol. The third-order valence-corrected chi connectivity index (χ3v) is 2.99. The highest BCUT2D eigenvalue weighted by atomic mass is 79.9. The Hall–Kier alpha value is -1.55. The van der Waals surface area contributed by atoms with E-state index in [4.69, 9.17) is 9.47 Å². The first-order valence-electron chi connectivity index (χ1n) is 4.65. The van der Waals surface area contributed by atoms with Crippen LogP contribution in [0.5, 0.6) is 5.75 Å². The van der Waals surface area contributed by atoms with Gasteiger partial charge >= 0.3 is 5.97 Å². The molecule has 2 rings (SSSR count). The van der Waals surface area contributed by atoms with E-state index in [0.29, 0.717) is 5.76 Å². The number of methoxy groups -OCH3 is 1. The van der Waals surface area contributed by atoms with Crippen LogP contribution >= 0.6 is 15.9 Å². The Kier molecular flexibility index (Phi) is 3.10. The molecule has 4 heteroatoms. The molecule has 1 aliphatic heterocycles. The number of allylic oxidation sites excluding steroid dienone is 1. The topological polar surface area (TPSA) is 35.5 Å². The summed E-state index contributed by atoms with van der Waals surface area (Å²) in [4.78, 5) is 10.9. The molecule has 0 N–H and O–H groups in total. The summed E-state index contributed by atoms with van der Waals surface area (Å²) < 4.78 is 10.8. The van der Waals surface area contributed by atoms with E-state index >= 15 is 0 Å². The fourth-order valence-corrected chi connectivity index (χ4v) is 1.80. The van der Waals surface area contributed by atoms with Crippen molar-refractivity contribution in [2.75, 3.05) is 7.11 Å². The summed E-state index contributed by atoms with van der Waals surface area (Å²) in [6.45, 7) is 0. The summed E-state index contributed by atoms with van der Waals surface area (Å²) in [6.07, 6.45) is 3.02. The molecular formula is C12H9BrO3. The molecule has 0 fully saturated rings. The van der Waals surface area contributed by atoms with Crippen molar-refractivity contribution in [3.8, 4) is 5.75 Å². The number of rotatable bonds is 2. The van der Waals surface area contributed by atoms with Gasteiger partial charge in [0.15, 0.2) is 0 Å². The van der Waals surface area contributed by atoms with E-state index in [1.165, 1.54) is 6.08 Å². The molecule has 16 heavy (non-hydrogen) atoms. The van der Waals surface area contributed by atoms with Crippen LogP contribution in [-0.4, -0.2) is 13.1 Å². The highest BCUT2D eigenvalue weighted by Crippen LogP contribution is 2.29. The van der Waals surface area contributed by atoms with Gasteiger partial charge in [-0.05, 0) is 39.7 Å². The summed E-state index contributed by atoms with van der Waals surface area (Å²) in [5.41, 5.74) is 0.926. The molecule has 1 aliphatic rings. The molecule has 0 spiro atoms. The molecule has 0 aromatic heterocycles. The minimum absolute atomic E-state index is 0.347. The molecule has 0 bridgehead atoms. The average Bonchev–Trinajstić information content (AvgIpc) is 2.75. The monoisotopic (exact) mass is 280 g/mol. The Morgan fingerprint density at radius 1 is 1.25 bits per heavy atom. The zero-order chi connectivity index (χ0) is 11.5. The van der Waals surface area contributed by atoms with Gasteiger partial charge in [-0.25, -0.2) is 4.79 Å². The Labute approximate surface area is 101 Å². The molecular weight excluding hydrogens is 272 g/mol. The lowest BCUT2D eigenvalue weighted by atomic mass is 10.2. The normalized spacial score (nSPS) is 17.2. The molecule has 0 amide bonds. The van der Waals surface area contributed by atoms with Crippen LogP contribution in [0.4, 0.5) is 0 Å². The van der Waals surface area contributed by atoms with Crippen LogP contribution in [0.25, 0.3) is 4.48 Å². The van der Waals surface area contributed by atoms with Gasteiger partial charge in [-0.3, -0.25) is 0 Å². The second-order valence-corrected chi connectivity index (χ2v) is 3.95. The highest BCUT2D eigenvalue weighted by Gasteiger charge is 2.14. The van der Waals surface area contributed by atoms with Crippen molar-refractivity contribution >= 4 is 26.4 Å². The minimum Gasteiger partial charge on any atom is -0.497 e. The lowest BCUT2D eigenvalue weighted by Gasteiger charge is -2.04. The van der Waals surface area contributed by atoms with Crippen molar-refractivity contribution in [2.24, 2.45) is 0 Å². The number of esters is 1. The summed E-state index contributed by atoms with van der Waals surface area (Å²) in [5.74, 6) is 0.962. The van der Waals surface area contributed by atoms with E-state index in [2.05, 4.69) is 15.9 Å². The second kappa shape index (κ2) is 4.53. The van der Waals surface area contributed by atoms with Crippen LogP contribution in [-0.2, 0) is 9.53 Å². The number of ether oxygens (including phenoxy) is 2. The zero-order valence-corrected chi connectivity index (χ0v) is 10.2. The number of halogens is 1. The van der Waals surface area contributed by atoms with Crippen LogP contribution in [0.2, 0.25) is 0 Å². The summed E-state index contributed by atoms with van der Waals surface area (Å²) in [7, 11) is 1.62. The Morgan fingerprint density at radius 3 is 2.44 bits per heavy atom. The molecule has 0 saturated carbocycles. The number of carbonyl (C=O) groups is 1. The number of hydrogen-bond donors (Lipinski definition) is 0. The van der Waals surface area contributed by atoms with E-state index in [9.17, 15) is 4.79 Å². The van der Waals surface area contributed by atoms with Gasteiger partial charge in [0.2, 0.25) is 0 Å². The van der Waals surface area contributed by atoms with Gasteiger partial charge in [0.25, 0.3) is 0 Å². The fourth-order valence-electron chi connectivity index (χ4n) is 1.32. The van der Waals surface area contributed by atoms with E-state index in [-0.39, 0.29) is 5.97 Å². The number of benzene rings is 1. The smallest absolute Gasteiger partial charge is 0.336 e. The molecule has 0 aliphatic carbocycles. The van der Waals surface area contributed by atoms with Gasteiger partial charge in [0.05, 0.1) is 11.6 Å². The SMILES string of the molecule is COc1ccc(/C(Br)=C2\C=CC(=O)O2)cc1. The maximum absolute atomic E-state index is 10.9. The van der Waals surface area contributed by atoms with Gasteiger partial charge in [-0.1, -0.05) is 12.1 Å². The first kappa shape index (κ1) is 11.0. The van der Waals surface area contributed by atoms with Crippen LogP contribution in [0.15, 0.2) is 42.2 Å². The molecule has 0 unspecified atom stereocenters. The van der Waals surface area contributed by atoms with Crippen molar-refractivity contribution < 1.29 is 14.3 Å². The van der Waals surface area contributed by atoms with Crippen LogP contribution < -0.4 is 4.74 Å². The van der Waals surface area contributed by atoms with Crippen molar-refractivity contribution in [3.05, 3.63) is 47.7 Å². The fraction of sp³-hybridized carbons (Fsp3) is 0.0833. The van der Waals surface area contributed by atoms with Crippen molar-refractivity contribution in [1.82, 2.24) is 0 Å². The van der Waals surface area contributed by atoms with Crippen LogP contribution in [0.1, 0.15) is 5.56 Å². The maximum atomic E-state index is 10.9. The lowest BCUT2D eigenvalue weighted by molar-refractivity contribution is -0.132.